The molecule has 0 radical (unpaired) electrons. The van der Waals surface area contributed by atoms with Crippen LogP contribution in [0, 0.1) is 0 Å². The number of amides is 1. The molecule has 0 aliphatic carbocycles. The Balaban J connectivity index is 1.75. The minimum Gasteiger partial charge on any atom is -0.497 e. The number of nitrogens with zero attached hydrogens (tertiary/aromatic N) is 2. The maximum absolute atomic E-state index is 13.0. The van der Waals surface area contributed by atoms with Crippen molar-refractivity contribution in [3.63, 3.8) is 0 Å². The lowest BCUT2D eigenvalue weighted by molar-refractivity contribution is -0.117. The van der Waals surface area contributed by atoms with Gasteiger partial charge in [0.25, 0.3) is 0 Å². The van der Waals surface area contributed by atoms with Crippen molar-refractivity contribution in [2.75, 3.05) is 19.0 Å². The van der Waals surface area contributed by atoms with Crippen LogP contribution in [0.25, 0.3) is 0 Å². The molecule has 1 aromatic heterocycles. The van der Waals surface area contributed by atoms with Crippen molar-refractivity contribution < 1.29 is 22.5 Å². The molecule has 8 nitrogen and oxygen atoms in total. The summed E-state index contributed by atoms with van der Waals surface area (Å²) in [6.07, 6.45) is 3.73. The van der Waals surface area contributed by atoms with Gasteiger partial charge in [0.1, 0.15) is 12.0 Å². The van der Waals surface area contributed by atoms with Gasteiger partial charge in [-0.3, -0.25) is 4.79 Å². The lowest BCUT2D eigenvalue weighted by atomic mass is 10.0. The van der Waals surface area contributed by atoms with E-state index in [2.05, 4.69) is 15.0 Å². The van der Waals surface area contributed by atoms with E-state index in [1.807, 2.05) is 0 Å². The predicted molar refractivity (Wildman–Crippen MR) is 94.3 cm³/mol. The van der Waals surface area contributed by atoms with Gasteiger partial charge in [-0.05, 0) is 37.1 Å². The van der Waals surface area contributed by atoms with E-state index in [1.54, 1.807) is 12.1 Å². The first kappa shape index (κ1) is 18.4. The highest BCUT2D eigenvalue weighted by atomic mass is 32.2. The van der Waals surface area contributed by atoms with E-state index in [4.69, 9.17) is 4.74 Å². The number of rotatable bonds is 6. The molecule has 2 aromatic rings. The van der Waals surface area contributed by atoms with Gasteiger partial charge in [-0.1, -0.05) is 11.6 Å². The molecule has 9 heteroatoms. The zero-order chi connectivity index (χ0) is 18.6. The van der Waals surface area contributed by atoms with Gasteiger partial charge < -0.3 is 14.6 Å². The largest absolute Gasteiger partial charge is 0.497 e. The van der Waals surface area contributed by atoms with Crippen molar-refractivity contribution >= 4 is 21.7 Å². The fourth-order valence-corrected chi connectivity index (χ4v) is 4.76. The third-order valence-corrected chi connectivity index (χ3v) is 6.33. The summed E-state index contributed by atoms with van der Waals surface area (Å²) in [5, 5.41) is 6.24. The average Bonchev–Trinajstić information content (AvgIpc) is 3.15. The number of nitrogens with one attached hydrogen (secondary N) is 1. The molecule has 1 unspecified atom stereocenters. The van der Waals surface area contributed by atoms with Gasteiger partial charge in [-0.15, -0.1) is 0 Å². The summed E-state index contributed by atoms with van der Waals surface area (Å²) in [5.74, 6) is 0.613. The summed E-state index contributed by atoms with van der Waals surface area (Å²) in [6, 6.07) is 7.42. The first-order chi connectivity index (χ1) is 12.5. The van der Waals surface area contributed by atoms with Crippen LogP contribution in [0.15, 0.2) is 46.0 Å². The number of hydrogen-bond acceptors (Lipinski definition) is 6. The van der Waals surface area contributed by atoms with Gasteiger partial charge in [-0.2, -0.15) is 4.31 Å². The van der Waals surface area contributed by atoms with Crippen LogP contribution in [0.2, 0.25) is 0 Å². The minimum absolute atomic E-state index is 0.0717. The van der Waals surface area contributed by atoms with Crippen LogP contribution in [-0.2, 0) is 14.8 Å². The number of carbonyl (C=O) groups excluding carboxylic acids is 1. The summed E-state index contributed by atoms with van der Waals surface area (Å²) in [5.41, 5.74) is 0. The van der Waals surface area contributed by atoms with Crippen LogP contribution in [0.3, 0.4) is 0 Å². The van der Waals surface area contributed by atoms with Crippen molar-refractivity contribution in [1.82, 2.24) is 9.46 Å². The molecule has 0 bridgehead atoms. The molecule has 0 saturated carbocycles. The summed E-state index contributed by atoms with van der Waals surface area (Å²) in [6.45, 7) is 0.399. The molecule has 3 rings (SSSR count). The van der Waals surface area contributed by atoms with Crippen LogP contribution in [0.5, 0.6) is 5.75 Å². The fourth-order valence-electron chi connectivity index (χ4n) is 3.06. The zero-order valence-electron chi connectivity index (χ0n) is 14.4. The quantitative estimate of drug-likeness (QED) is 0.826. The first-order valence-corrected chi connectivity index (χ1v) is 9.81. The number of anilines is 1. The van der Waals surface area contributed by atoms with Crippen molar-refractivity contribution in [2.24, 2.45) is 0 Å². The monoisotopic (exact) mass is 379 g/mol. The molecule has 1 atom stereocenters. The fraction of sp³-hybridized carbons (Fsp3) is 0.412. The molecule has 1 aliphatic heterocycles. The molecule has 0 spiro atoms. The van der Waals surface area contributed by atoms with E-state index >= 15 is 0 Å². The average molecular weight is 379 g/mol. The highest BCUT2D eigenvalue weighted by molar-refractivity contribution is 7.89. The van der Waals surface area contributed by atoms with E-state index in [1.165, 1.54) is 35.9 Å². The second-order valence-electron chi connectivity index (χ2n) is 6.08. The van der Waals surface area contributed by atoms with E-state index in [-0.39, 0.29) is 23.3 Å². The highest BCUT2D eigenvalue weighted by Gasteiger charge is 2.34. The Morgan fingerprint density at radius 3 is 2.73 bits per heavy atom. The van der Waals surface area contributed by atoms with E-state index in [0.29, 0.717) is 24.5 Å². The third kappa shape index (κ3) is 4.05. The van der Waals surface area contributed by atoms with Crippen LogP contribution < -0.4 is 10.1 Å². The summed E-state index contributed by atoms with van der Waals surface area (Å²) in [7, 11) is -2.15. The zero-order valence-corrected chi connectivity index (χ0v) is 15.2. The van der Waals surface area contributed by atoms with E-state index in [0.717, 1.165) is 12.8 Å². The van der Waals surface area contributed by atoms with Crippen LogP contribution >= 0.6 is 0 Å². The Morgan fingerprint density at radius 1 is 1.31 bits per heavy atom. The maximum Gasteiger partial charge on any atom is 0.243 e. The molecule has 2 heterocycles. The van der Waals surface area contributed by atoms with Crippen molar-refractivity contribution in [3.05, 3.63) is 36.6 Å². The lowest BCUT2D eigenvalue weighted by Gasteiger charge is -2.34. The predicted octanol–water partition coefficient (Wildman–Crippen LogP) is 2.26. The molecule has 1 fully saturated rings. The minimum atomic E-state index is -3.68. The van der Waals surface area contributed by atoms with Gasteiger partial charge in [0.15, 0.2) is 5.82 Å². The number of sulfonamides is 1. The van der Waals surface area contributed by atoms with E-state index < -0.39 is 10.0 Å². The Morgan fingerprint density at radius 2 is 2.08 bits per heavy atom. The summed E-state index contributed by atoms with van der Waals surface area (Å²) < 4.78 is 37.2. The van der Waals surface area contributed by atoms with Crippen molar-refractivity contribution in [1.29, 1.82) is 0 Å². The maximum atomic E-state index is 13.0. The Bertz CT molecular complexity index is 834. The van der Waals surface area contributed by atoms with Crippen LogP contribution in [0.4, 0.5) is 5.82 Å². The molecule has 1 saturated heterocycles. The van der Waals surface area contributed by atoms with Gasteiger partial charge in [0.05, 0.1) is 12.0 Å². The van der Waals surface area contributed by atoms with Crippen LogP contribution in [0.1, 0.15) is 25.7 Å². The topological polar surface area (TPSA) is 102 Å². The van der Waals surface area contributed by atoms with Gasteiger partial charge >= 0.3 is 0 Å². The van der Waals surface area contributed by atoms with Gasteiger partial charge in [0.2, 0.25) is 15.9 Å². The standard InChI is InChI=1S/C17H21N3O5S/c1-24-14-5-7-15(8-6-14)26(22,23)20-10-3-2-4-13(20)12-17(21)18-16-9-11-25-19-16/h5-9,11,13H,2-4,10,12H2,1H3,(H,18,19,21). The van der Waals surface area contributed by atoms with Crippen molar-refractivity contribution in [2.45, 2.75) is 36.6 Å². The van der Waals surface area contributed by atoms with Gasteiger partial charge in [-0.25, -0.2) is 8.42 Å². The van der Waals surface area contributed by atoms with Crippen molar-refractivity contribution in [3.8, 4) is 5.75 Å². The van der Waals surface area contributed by atoms with Gasteiger partial charge in [0, 0.05) is 25.1 Å². The Labute approximate surface area is 152 Å². The summed E-state index contributed by atoms with van der Waals surface area (Å²) in [4.78, 5) is 12.4. The molecule has 1 aromatic carbocycles. The molecule has 1 aliphatic rings. The smallest absolute Gasteiger partial charge is 0.243 e. The molecular weight excluding hydrogens is 358 g/mol. The second kappa shape index (κ2) is 7.88. The lowest BCUT2D eigenvalue weighted by Crippen LogP contribution is -2.45. The molecule has 1 amide bonds. The molecule has 1 N–H and O–H groups in total. The third-order valence-electron chi connectivity index (χ3n) is 4.37. The first-order valence-electron chi connectivity index (χ1n) is 8.37. The Kier molecular flexibility index (Phi) is 5.58. The number of piperidine rings is 1. The molecular formula is C17H21N3O5S. The highest BCUT2D eigenvalue weighted by Crippen LogP contribution is 2.28. The normalized spacial score (nSPS) is 18.4. The van der Waals surface area contributed by atoms with E-state index in [9.17, 15) is 13.2 Å². The number of ether oxygens (including phenoxy) is 1. The number of benzene rings is 1. The van der Waals surface area contributed by atoms with Crippen LogP contribution in [-0.4, -0.2) is 43.5 Å². The number of carbonyl (C=O) groups is 1. The SMILES string of the molecule is COc1ccc(S(=O)(=O)N2CCCCC2CC(=O)Nc2ccon2)cc1. The second-order valence-corrected chi connectivity index (χ2v) is 7.97. The number of aromatic nitrogens is 1. The number of methoxy groups -OCH3 is 1. The molecule has 26 heavy (non-hydrogen) atoms. The number of hydrogen-bond donors (Lipinski definition) is 1. The summed E-state index contributed by atoms with van der Waals surface area (Å²) >= 11 is 0. The Hall–Kier alpha value is -2.39. The molecule has 140 valence electrons.